The number of rotatable bonds is 11. The maximum absolute atomic E-state index is 7.82. The Bertz CT molecular complexity index is 7940. The van der Waals surface area contributed by atoms with Gasteiger partial charge in [0.05, 0.1) is 27.8 Å². The predicted octanol–water partition coefficient (Wildman–Crippen LogP) is 29.9. The Morgan fingerprint density at radius 3 is 1.09 bits per heavy atom. The molecule has 4 aliphatic rings. The van der Waals surface area contributed by atoms with Crippen LogP contribution in [0, 0.1) is 0 Å². The summed E-state index contributed by atoms with van der Waals surface area (Å²) in [6.07, 6.45) is 0. The average Bonchev–Trinajstić information content (AvgIpc) is 1.14. The van der Waals surface area contributed by atoms with E-state index in [2.05, 4.69) is 479 Å². The van der Waals surface area contributed by atoms with Gasteiger partial charge < -0.3 is 23.5 Å². The molecule has 6 heterocycles. The third kappa shape index (κ3) is 13.4. The van der Waals surface area contributed by atoms with Crippen molar-refractivity contribution in [3.8, 4) is 123 Å². The second-order valence-electron chi connectivity index (χ2n) is 40.7. The fourth-order valence-corrected chi connectivity index (χ4v) is 22.7. The van der Waals surface area contributed by atoms with E-state index in [1.54, 1.807) is 0 Å². The van der Waals surface area contributed by atoms with Crippen molar-refractivity contribution < 1.29 is 9.47 Å². The zero-order chi connectivity index (χ0) is 89.5. The van der Waals surface area contributed by atoms with Crippen molar-refractivity contribution in [3.63, 3.8) is 0 Å². The molecule has 4 aliphatic heterocycles. The standard InChI is InChI=1S/C124H99B2N3O2S/c1-121(2,3)86-48-59-106-97(70-86)98-71-87(122(4,5)6)49-60-107(98)127(106)90-52-56-101-110(74-90)129(105-58-47-81(76-31-18-13-19-32-76)63-96(105)80-39-26-17-27-40-80)111-64-84(69-117-119(111)125(101)104-57-53-91(75-116(104)132-117)128-108-61-50-88(123(7,8)9)72-99(108)100-73-89(124(10,11)12)51-62-109(100)128)85-67-114-120-115(68-85)131-113-66-83(118-94(78-35-22-15-23-36-78)43-30-44-95(118)79-37-24-16-25-38-79)46-55-103(113)126(120)102-54-45-82(65-112(102)130-114)93-42-29-28-41-92(93)77-33-20-14-21-34-77/h13-75H,1-12H3. The lowest BCUT2D eigenvalue weighted by molar-refractivity contribution is 0.465. The summed E-state index contributed by atoms with van der Waals surface area (Å²) in [6.45, 7) is 27.5. The molecule has 18 aromatic carbocycles. The highest BCUT2D eigenvalue weighted by molar-refractivity contribution is 8.00. The zero-order valence-corrected chi connectivity index (χ0v) is 77.4. The Morgan fingerprint density at radius 1 is 0.227 bits per heavy atom. The van der Waals surface area contributed by atoms with Crippen molar-refractivity contribution in [2.24, 2.45) is 0 Å². The largest absolute Gasteiger partial charge is 0.458 e. The normalized spacial score (nSPS) is 13.2. The van der Waals surface area contributed by atoms with Gasteiger partial charge >= 0.3 is 0 Å². The molecule has 20 aromatic rings. The first kappa shape index (κ1) is 80.7. The zero-order valence-electron chi connectivity index (χ0n) is 76.6. The van der Waals surface area contributed by atoms with Gasteiger partial charge in [0.2, 0.25) is 6.71 Å². The molecule has 0 radical (unpaired) electrons. The van der Waals surface area contributed by atoms with Gasteiger partial charge in [-0.2, -0.15) is 0 Å². The Kier molecular flexibility index (Phi) is 18.7. The smallest absolute Gasteiger partial charge is 0.260 e. The van der Waals surface area contributed by atoms with Crippen LogP contribution in [0.15, 0.2) is 392 Å². The highest BCUT2D eigenvalue weighted by atomic mass is 32.2. The first-order valence-corrected chi connectivity index (χ1v) is 47.4. The van der Waals surface area contributed by atoms with Gasteiger partial charge in [-0.1, -0.05) is 361 Å². The lowest BCUT2D eigenvalue weighted by atomic mass is 9.34. The average molecular weight is 1720 g/mol. The highest BCUT2D eigenvalue weighted by Gasteiger charge is 2.45. The number of fused-ring (bicyclic) bond motifs is 14. The van der Waals surface area contributed by atoms with Crippen molar-refractivity contribution >= 4 is 119 Å². The maximum Gasteiger partial charge on any atom is 0.260 e. The van der Waals surface area contributed by atoms with Gasteiger partial charge in [-0.25, -0.2) is 0 Å². The van der Waals surface area contributed by atoms with E-state index in [0.717, 1.165) is 157 Å². The van der Waals surface area contributed by atoms with Gasteiger partial charge in [-0.15, -0.1) is 0 Å². The van der Waals surface area contributed by atoms with Crippen LogP contribution in [0.2, 0.25) is 0 Å². The third-order valence-electron chi connectivity index (χ3n) is 28.3. The van der Waals surface area contributed by atoms with E-state index in [4.69, 9.17) is 9.47 Å². The third-order valence-corrected chi connectivity index (χ3v) is 29.5. The van der Waals surface area contributed by atoms with Crippen LogP contribution in [0.25, 0.3) is 144 Å². The van der Waals surface area contributed by atoms with E-state index in [1.165, 1.54) is 92.0 Å². The number of ether oxygens (including phenoxy) is 2. The summed E-state index contributed by atoms with van der Waals surface area (Å²) in [6, 6.07) is 144. The molecular weight excluding hydrogens is 1620 g/mol. The van der Waals surface area contributed by atoms with Crippen LogP contribution in [-0.4, -0.2) is 22.6 Å². The van der Waals surface area contributed by atoms with E-state index < -0.39 is 0 Å². The predicted molar refractivity (Wildman–Crippen MR) is 561 cm³/mol. The Hall–Kier alpha value is -14.6. The molecule has 634 valence electrons. The van der Waals surface area contributed by atoms with E-state index in [-0.39, 0.29) is 35.1 Å². The Balaban J connectivity index is 0.769. The summed E-state index contributed by atoms with van der Waals surface area (Å²) >= 11 is 1.90. The Labute approximate surface area is 778 Å². The molecule has 0 amide bonds. The van der Waals surface area contributed by atoms with Crippen molar-refractivity contribution in [1.82, 2.24) is 9.13 Å². The van der Waals surface area contributed by atoms with Crippen LogP contribution >= 0.6 is 11.8 Å². The van der Waals surface area contributed by atoms with Gasteiger partial charge in [0.25, 0.3) is 6.71 Å². The minimum absolute atomic E-state index is 0.0567. The van der Waals surface area contributed by atoms with Crippen molar-refractivity contribution in [2.45, 2.75) is 115 Å². The van der Waals surface area contributed by atoms with E-state index in [1.807, 2.05) is 11.8 Å². The summed E-state index contributed by atoms with van der Waals surface area (Å²) in [7, 11) is 0. The second-order valence-corrected chi connectivity index (χ2v) is 41.8. The molecule has 2 aromatic heterocycles. The minimum Gasteiger partial charge on any atom is -0.458 e. The molecule has 0 saturated heterocycles. The molecule has 5 nitrogen and oxygen atoms in total. The summed E-state index contributed by atoms with van der Waals surface area (Å²) in [5, 5.41) is 5.02. The van der Waals surface area contributed by atoms with Gasteiger partial charge in [0.1, 0.15) is 23.0 Å². The molecule has 0 bridgehead atoms. The van der Waals surface area contributed by atoms with Crippen LogP contribution in [-0.2, 0) is 21.7 Å². The first-order valence-electron chi connectivity index (χ1n) is 46.5. The molecule has 0 saturated carbocycles. The molecule has 0 N–H and O–H groups in total. The van der Waals surface area contributed by atoms with Crippen molar-refractivity contribution in [3.05, 3.63) is 404 Å². The topological polar surface area (TPSA) is 31.6 Å². The van der Waals surface area contributed by atoms with Crippen LogP contribution < -0.4 is 47.2 Å². The van der Waals surface area contributed by atoms with Gasteiger partial charge in [-0.3, -0.25) is 0 Å². The number of benzene rings is 18. The Morgan fingerprint density at radius 2 is 0.606 bits per heavy atom. The quantitative estimate of drug-likeness (QED) is 0.121. The fraction of sp³-hybridized carbons (Fsp3) is 0.129. The summed E-state index contributed by atoms with van der Waals surface area (Å²) in [5.41, 5.74) is 39.9. The van der Waals surface area contributed by atoms with Crippen LogP contribution in [0.4, 0.5) is 17.1 Å². The maximum atomic E-state index is 7.82. The van der Waals surface area contributed by atoms with Crippen LogP contribution in [0.1, 0.15) is 105 Å². The highest BCUT2D eigenvalue weighted by Crippen LogP contribution is 2.53. The minimum atomic E-state index is -0.253. The number of anilines is 3. The molecular formula is C124H99B2N3O2S. The molecule has 24 rings (SSSR count). The molecule has 0 fully saturated rings. The molecule has 0 aliphatic carbocycles. The number of nitrogens with zero attached hydrogens (tertiary/aromatic N) is 3. The van der Waals surface area contributed by atoms with Gasteiger partial charge in [0, 0.05) is 65.1 Å². The molecule has 0 unspecified atom stereocenters. The molecule has 8 heteroatoms. The van der Waals surface area contributed by atoms with Crippen LogP contribution in [0.5, 0.6) is 23.0 Å². The second kappa shape index (κ2) is 30.5. The first-order chi connectivity index (χ1) is 63.9. The van der Waals surface area contributed by atoms with Crippen LogP contribution in [0.3, 0.4) is 0 Å². The summed E-state index contributed by atoms with van der Waals surface area (Å²) in [5.74, 6) is 3.13. The molecule has 0 spiro atoms. The lowest BCUT2D eigenvalue weighted by Crippen LogP contribution is -2.59. The lowest BCUT2D eigenvalue weighted by Gasteiger charge is -2.41. The van der Waals surface area contributed by atoms with Gasteiger partial charge in [0.15, 0.2) is 0 Å². The van der Waals surface area contributed by atoms with E-state index in [9.17, 15) is 0 Å². The van der Waals surface area contributed by atoms with Gasteiger partial charge in [-0.05, 0) is 271 Å². The van der Waals surface area contributed by atoms with Crippen molar-refractivity contribution in [2.75, 3.05) is 4.90 Å². The summed E-state index contributed by atoms with van der Waals surface area (Å²) in [4.78, 5) is 5.04. The SMILES string of the molecule is CC(C)(C)c1ccc2c(c1)c1cc(C(C)(C)C)ccc1n2-c1ccc2c(c1)Sc1cc(-c3cc4c5c(c3)Oc3cc(-c6c(-c7ccccc7)cccc6-c6ccccc6)ccc3B5c3ccc(-c5ccccc5-c5ccccc5)cc3O4)cc3c1B2c1ccc(-n2c4ccc(C(C)(C)C)cc4c4cc(C(C)(C)C)ccc42)cc1N3c1ccc(-c2ccccc2)cc1-c1ccccc1. The van der Waals surface area contributed by atoms with E-state index >= 15 is 0 Å². The summed E-state index contributed by atoms with van der Waals surface area (Å²) < 4.78 is 20.6. The number of hydrogen-bond acceptors (Lipinski definition) is 4. The van der Waals surface area contributed by atoms with E-state index in [0.29, 0.717) is 0 Å². The van der Waals surface area contributed by atoms with Crippen molar-refractivity contribution in [1.29, 1.82) is 0 Å². The number of hydrogen-bond donors (Lipinski definition) is 0. The fourth-order valence-electron chi connectivity index (χ4n) is 21.4. The monoisotopic (exact) mass is 1720 g/mol. The molecule has 132 heavy (non-hydrogen) atoms. The molecule has 0 atom stereocenters. The number of aromatic nitrogens is 2.